The number of rotatable bonds is 3. The van der Waals surface area contributed by atoms with Crippen molar-refractivity contribution in [3.63, 3.8) is 0 Å². The van der Waals surface area contributed by atoms with E-state index in [0.717, 1.165) is 13.1 Å². The minimum atomic E-state index is -0.673. The van der Waals surface area contributed by atoms with Crippen LogP contribution >= 0.6 is 0 Å². The van der Waals surface area contributed by atoms with Crippen molar-refractivity contribution in [1.29, 1.82) is 0 Å². The maximum atomic E-state index is 11.6. The highest BCUT2D eigenvalue weighted by atomic mass is 16.3. The smallest absolute Gasteiger partial charge is 0.239 e. The van der Waals surface area contributed by atoms with E-state index < -0.39 is 11.6 Å². The standard InChI is InChI=1S/C11H23N3O2/c1-9(12)10(15)14-6-4-13(5-7-14)8-11(2,3)16/h9,16H,4-8,12H2,1-3H3/t9-/m0/s1. The summed E-state index contributed by atoms with van der Waals surface area (Å²) < 4.78 is 0. The van der Waals surface area contributed by atoms with Crippen LogP contribution in [0.15, 0.2) is 0 Å². The van der Waals surface area contributed by atoms with Gasteiger partial charge in [-0.2, -0.15) is 0 Å². The maximum absolute atomic E-state index is 11.6. The molecule has 3 N–H and O–H groups in total. The Balaban J connectivity index is 2.37. The largest absolute Gasteiger partial charge is 0.389 e. The molecule has 0 aromatic heterocycles. The molecule has 0 bridgehead atoms. The minimum absolute atomic E-state index is 0.0166. The molecule has 0 aliphatic carbocycles. The number of amides is 1. The van der Waals surface area contributed by atoms with Gasteiger partial charge in [-0.3, -0.25) is 9.69 Å². The molecule has 0 spiro atoms. The molecular weight excluding hydrogens is 206 g/mol. The number of carbonyl (C=O) groups is 1. The second-order valence-electron chi connectivity index (χ2n) is 5.20. The van der Waals surface area contributed by atoms with Gasteiger partial charge in [-0.05, 0) is 20.8 Å². The fraction of sp³-hybridized carbons (Fsp3) is 0.909. The lowest BCUT2D eigenvalue weighted by atomic mass is 10.1. The molecule has 0 aromatic rings. The summed E-state index contributed by atoms with van der Waals surface area (Å²) in [6.07, 6.45) is 0. The topological polar surface area (TPSA) is 69.8 Å². The van der Waals surface area contributed by atoms with Crippen LogP contribution in [0.3, 0.4) is 0 Å². The van der Waals surface area contributed by atoms with Crippen LogP contribution in [-0.2, 0) is 4.79 Å². The predicted octanol–water partition coefficient (Wildman–Crippen LogP) is -0.751. The normalized spacial score (nSPS) is 20.9. The average Bonchev–Trinajstić information content (AvgIpc) is 2.15. The van der Waals surface area contributed by atoms with Gasteiger partial charge in [0.15, 0.2) is 0 Å². The second kappa shape index (κ2) is 5.12. The van der Waals surface area contributed by atoms with Gasteiger partial charge in [0, 0.05) is 32.7 Å². The van der Waals surface area contributed by atoms with Crippen molar-refractivity contribution in [2.45, 2.75) is 32.4 Å². The van der Waals surface area contributed by atoms with Crippen molar-refractivity contribution in [3.8, 4) is 0 Å². The molecule has 5 heteroatoms. The van der Waals surface area contributed by atoms with Crippen molar-refractivity contribution < 1.29 is 9.90 Å². The molecule has 16 heavy (non-hydrogen) atoms. The fourth-order valence-corrected chi connectivity index (χ4v) is 1.96. The van der Waals surface area contributed by atoms with Gasteiger partial charge in [-0.25, -0.2) is 0 Å². The fourth-order valence-electron chi connectivity index (χ4n) is 1.96. The lowest BCUT2D eigenvalue weighted by molar-refractivity contribution is -0.134. The first kappa shape index (κ1) is 13.4. The molecule has 94 valence electrons. The van der Waals surface area contributed by atoms with Gasteiger partial charge in [0.2, 0.25) is 5.91 Å². The molecule has 0 saturated carbocycles. The molecule has 1 atom stereocenters. The minimum Gasteiger partial charge on any atom is -0.389 e. The van der Waals surface area contributed by atoms with Crippen molar-refractivity contribution in [3.05, 3.63) is 0 Å². The number of hydrogen-bond acceptors (Lipinski definition) is 4. The number of piperazine rings is 1. The summed E-state index contributed by atoms with van der Waals surface area (Å²) in [5, 5.41) is 9.69. The van der Waals surface area contributed by atoms with Crippen LogP contribution in [0.25, 0.3) is 0 Å². The van der Waals surface area contributed by atoms with Gasteiger partial charge < -0.3 is 15.7 Å². The van der Waals surface area contributed by atoms with Gasteiger partial charge in [-0.1, -0.05) is 0 Å². The van der Waals surface area contributed by atoms with E-state index in [1.807, 2.05) is 0 Å². The molecule has 0 radical (unpaired) electrons. The molecule has 0 unspecified atom stereocenters. The van der Waals surface area contributed by atoms with Gasteiger partial charge in [-0.15, -0.1) is 0 Å². The lowest BCUT2D eigenvalue weighted by Crippen LogP contribution is -2.54. The number of aliphatic hydroxyl groups is 1. The van der Waals surface area contributed by atoms with E-state index in [1.165, 1.54) is 0 Å². The Morgan fingerprint density at radius 3 is 2.25 bits per heavy atom. The molecule has 1 aliphatic rings. The Bertz CT molecular complexity index is 240. The summed E-state index contributed by atoms with van der Waals surface area (Å²) >= 11 is 0. The summed E-state index contributed by atoms with van der Waals surface area (Å²) in [5.41, 5.74) is 4.89. The highest BCUT2D eigenvalue weighted by Crippen LogP contribution is 2.09. The van der Waals surface area contributed by atoms with Crippen molar-refractivity contribution in [1.82, 2.24) is 9.80 Å². The highest BCUT2D eigenvalue weighted by Gasteiger charge is 2.25. The number of nitrogens with two attached hydrogens (primary N) is 1. The van der Waals surface area contributed by atoms with Crippen LogP contribution in [0.5, 0.6) is 0 Å². The molecule has 1 aliphatic heterocycles. The van der Waals surface area contributed by atoms with Crippen LogP contribution in [-0.4, -0.2) is 65.2 Å². The number of β-amino-alcohol motifs (C(OH)–C–C–N with tert-alkyl or cyclic N) is 1. The van der Waals surface area contributed by atoms with E-state index in [-0.39, 0.29) is 5.91 Å². The third-order valence-electron chi connectivity index (χ3n) is 2.68. The van der Waals surface area contributed by atoms with E-state index in [0.29, 0.717) is 19.6 Å². The zero-order valence-electron chi connectivity index (χ0n) is 10.4. The number of hydrogen-bond donors (Lipinski definition) is 2. The third-order valence-corrected chi connectivity index (χ3v) is 2.68. The first-order chi connectivity index (χ1) is 7.29. The Morgan fingerprint density at radius 1 is 1.38 bits per heavy atom. The third kappa shape index (κ3) is 4.08. The molecule has 1 saturated heterocycles. The maximum Gasteiger partial charge on any atom is 0.239 e. The van der Waals surface area contributed by atoms with E-state index in [2.05, 4.69) is 4.90 Å². The molecule has 1 rings (SSSR count). The van der Waals surface area contributed by atoms with Gasteiger partial charge >= 0.3 is 0 Å². The van der Waals surface area contributed by atoms with Crippen LogP contribution in [0, 0.1) is 0 Å². The Labute approximate surface area is 97.2 Å². The lowest BCUT2D eigenvalue weighted by Gasteiger charge is -2.37. The summed E-state index contributed by atoms with van der Waals surface area (Å²) in [6.45, 7) is 8.98. The first-order valence-corrected chi connectivity index (χ1v) is 5.79. The zero-order chi connectivity index (χ0) is 12.3. The quantitative estimate of drug-likeness (QED) is 0.668. The van der Waals surface area contributed by atoms with E-state index in [1.54, 1.807) is 25.7 Å². The van der Waals surface area contributed by atoms with Crippen LogP contribution in [0.1, 0.15) is 20.8 Å². The van der Waals surface area contributed by atoms with Crippen LogP contribution in [0.2, 0.25) is 0 Å². The Hall–Kier alpha value is -0.650. The summed E-state index contributed by atoms with van der Waals surface area (Å²) in [4.78, 5) is 15.6. The van der Waals surface area contributed by atoms with Crippen LogP contribution in [0.4, 0.5) is 0 Å². The first-order valence-electron chi connectivity index (χ1n) is 5.79. The summed E-state index contributed by atoms with van der Waals surface area (Å²) in [6, 6.07) is -0.416. The molecule has 5 nitrogen and oxygen atoms in total. The predicted molar refractivity (Wildman–Crippen MR) is 63.0 cm³/mol. The number of nitrogens with zero attached hydrogens (tertiary/aromatic N) is 2. The Morgan fingerprint density at radius 2 is 1.88 bits per heavy atom. The van der Waals surface area contributed by atoms with E-state index in [9.17, 15) is 9.90 Å². The molecule has 1 heterocycles. The van der Waals surface area contributed by atoms with Gasteiger partial charge in [0.25, 0.3) is 0 Å². The number of carbonyl (C=O) groups excluding carboxylic acids is 1. The molecule has 1 fully saturated rings. The average molecular weight is 229 g/mol. The molecule has 0 aromatic carbocycles. The van der Waals surface area contributed by atoms with Crippen molar-refractivity contribution in [2.75, 3.05) is 32.7 Å². The summed E-state index contributed by atoms with van der Waals surface area (Å²) in [5.74, 6) is 0.0166. The van der Waals surface area contributed by atoms with Crippen molar-refractivity contribution in [2.24, 2.45) is 5.73 Å². The second-order valence-corrected chi connectivity index (χ2v) is 5.20. The summed E-state index contributed by atoms with van der Waals surface area (Å²) in [7, 11) is 0. The highest BCUT2D eigenvalue weighted by molar-refractivity contribution is 5.81. The van der Waals surface area contributed by atoms with E-state index in [4.69, 9.17) is 5.73 Å². The zero-order valence-corrected chi connectivity index (χ0v) is 10.4. The molecule has 1 amide bonds. The monoisotopic (exact) mass is 229 g/mol. The molecular formula is C11H23N3O2. The van der Waals surface area contributed by atoms with Gasteiger partial charge in [0.1, 0.15) is 0 Å². The Kier molecular flexibility index (Phi) is 4.29. The van der Waals surface area contributed by atoms with Crippen molar-refractivity contribution >= 4 is 5.91 Å². The SMILES string of the molecule is C[C@H](N)C(=O)N1CCN(CC(C)(C)O)CC1. The van der Waals surface area contributed by atoms with E-state index >= 15 is 0 Å². The van der Waals surface area contributed by atoms with Crippen LogP contribution < -0.4 is 5.73 Å². The van der Waals surface area contributed by atoms with Gasteiger partial charge in [0.05, 0.1) is 11.6 Å².